The topological polar surface area (TPSA) is 120 Å². The van der Waals surface area contributed by atoms with Crippen molar-refractivity contribution in [1.82, 2.24) is 0 Å². The van der Waals surface area contributed by atoms with E-state index in [1.54, 1.807) is 24.3 Å². The van der Waals surface area contributed by atoms with E-state index in [4.69, 9.17) is 5.73 Å². The zero-order valence-corrected chi connectivity index (χ0v) is 16.0. The van der Waals surface area contributed by atoms with Gasteiger partial charge in [-0.05, 0) is 12.1 Å². The van der Waals surface area contributed by atoms with E-state index in [1.165, 1.54) is 60.7 Å². The van der Waals surface area contributed by atoms with Crippen LogP contribution in [0.25, 0.3) is 0 Å². The van der Waals surface area contributed by atoms with Crippen molar-refractivity contribution < 1.29 is 18.1 Å². The maximum absolute atomic E-state index is 13.4. The summed E-state index contributed by atoms with van der Waals surface area (Å²) in [7, 11) is -4.24. The number of nitrogens with two attached hydrogens (primary N) is 1. The summed E-state index contributed by atoms with van der Waals surface area (Å²) in [6, 6.07) is 19.5. The molecule has 0 aliphatic rings. The molecule has 0 spiro atoms. The van der Waals surface area contributed by atoms with E-state index in [9.17, 15) is 23.3 Å². The Bertz CT molecular complexity index is 1130. The minimum atomic E-state index is -4.24. The predicted molar refractivity (Wildman–Crippen MR) is 108 cm³/mol. The van der Waals surface area contributed by atoms with Crippen molar-refractivity contribution in [3.8, 4) is 0 Å². The van der Waals surface area contributed by atoms with E-state index in [-0.39, 0.29) is 21.7 Å². The van der Waals surface area contributed by atoms with Crippen LogP contribution in [0.5, 0.6) is 0 Å². The number of nitrogens with zero attached hydrogens (tertiary/aromatic N) is 1. The van der Waals surface area contributed by atoms with Crippen LogP contribution in [0.3, 0.4) is 0 Å². The van der Waals surface area contributed by atoms with Crippen molar-refractivity contribution in [3.63, 3.8) is 0 Å². The summed E-state index contributed by atoms with van der Waals surface area (Å²) in [4.78, 5) is 23.9. The fraction of sp³-hybridized carbons (Fsp3) is 0.0952. The molecule has 0 saturated heterocycles. The second-order valence-corrected chi connectivity index (χ2v) is 8.42. The molecular weight excluding hydrogens is 392 g/mol. The molecule has 0 amide bonds. The quantitative estimate of drug-likeness (QED) is 0.362. The summed E-state index contributed by atoms with van der Waals surface area (Å²) < 4.78 is 26.7. The zero-order chi connectivity index (χ0) is 21.0. The number of carbonyl (C=O) groups excluding carboxylic acids is 1. The van der Waals surface area contributed by atoms with Gasteiger partial charge >= 0.3 is 0 Å². The summed E-state index contributed by atoms with van der Waals surface area (Å²) in [6.07, 6.45) is 0. The number of rotatable bonds is 7. The normalized spacial score (nSPS) is 13.4. The molecule has 2 atom stereocenters. The van der Waals surface area contributed by atoms with E-state index in [2.05, 4.69) is 0 Å². The second-order valence-electron chi connectivity index (χ2n) is 6.35. The van der Waals surface area contributed by atoms with Crippen LogP contribution in [0.1, 0.15) is 22.0 Å². The Labute approximate surface area is 167 Å². The molecule has 29 heavy (non-hydrogen) atoms. The maximum atomic E-state index is 13.4. The van der Waals surface area contributed by atoms with E-state index in [1.807, 2.05) is 0 Å². The number of para-hydroxylation sites is 1. The fourth-order valence-corrected chi connectivity index (χ4v) is 4.90. The lowest BCUT2D eigenvalue weighted by molar-refractivity contribution is -0.385. The molecular formula is C21H18N2O5S. The molecule has 0 fully saturated rings. The number of sulfone groups is 1. The Hall–Kier alpha value is -3.36. The smallest absolute Gasteiger partial charge is 0.274 e. The van der Waals surface area contributed by atoms with Crippen LogP contribution in [-0.4, -0.2) is 24.4 Å². The lowest BCUT2D eigenvalue weighted by atomic mass is 9.97. The minimum absolute atomic E-state index is 0.0220. The number of hydrogen-bond donors (Lipinski definition) is 1. The van der Waals surface area contributed by atoms with Gasteiger partial charge in [-0.25, -0.2) is 8.42 Å². The van der Waals surface area contributed by atoms with E-state index >= 15 is 0 Å². The molecule has 0 radical (unpaired) electrons. The molecule has 0 bridgehead atoms. The number of Topliss-reactive ketones (excluding diaryl/α,β-unsaturated/α-hetero) is 1. The first-order valence-electron chi connectivity index (χ1n) is 8.71. The van der Waals surface area contributed by atoms with Crippen LogP contribution in [0.15, 0.2) is 89.8 Å². The Kier molecular flexibility index (Phi) is 5.86. The molecule has 148 valence electrons. The summed E-state index contributed by atoms with van der Waals surface area (Å²) in [6.45, 7) is 0. The minimum Gasteiger partial charge on any atom is -0.322 e. The Balaban J connectivity index is 2.19. The Morgan fingerprint density at radius 2 is 1.38 bits per heavy atom. The van der Waals surface area contributed by atoms with Crippen LogP contribution < -0.4 is 5.73 Å². The van der Waals surface area contributed by atoms with E-state index in [0.29, 0.717) is 0 Å². The van der Waals surface area contributed by atoms with Gasteiger partial charge in [-0.2, -0.15) is 0 Å². The molecule has 3 aromatic carbocycles. The van der Waals surface area contributed by atoms with Gasteiger partial charge in [-0.1, -0.05) is 66.7 Å². The van der Waals surface area contributed by atoms with Crippen molar-refractivity contribution in [2.24, 2.45) is 5.73 Å². The molecule has 0 aromatic heterocycles. The second kappa shape index (κ2) is 8.34. The van der Waals surface area contributed by atoms with Crippen LogP contribution in [-0.2, 0) is 9.84 Å². The number of carbonyl (C=O) groups is 1. The summed E-state index contributed by atoms with van der Waals surface area (Å²) in [5.41, 5.74) is 6.03. The highest BCUT2D eigenvalue weighted by Gasteiger charge is 2.41. The first-order valence-corrected chi connectivity index (χ1v) is 10.3. The molecule has 7 nitrogen and oxygen atoms in total. The zero-order valence-electron chi connectivity index (χ0n) is 15.2. The van der Waals surface area contributed by atoms with Crippen LogP contribution in [0.4, 0.5) is 5.69 Å². The molecule has 0 heterocycles. The van der Waals surface area contributed by atoms with Gasteiger partial charge in [0.1, 0.15) is 5.25 Å². The van der Waals surface area contributed by atoms with E-state index < -0.39 is 31.8 Å². The lowest BCUT2D eigenvalue weighted by Crippen LogP contribution is -2.40. The molecule has 8 heteroatoms. The summed E-state index contributed by atoms with van der Waals surface area (Å²) in [5.74, 6) is -0.722. The third-order valence-electron chi connectivity index (χ3n) is 4.54. The average Bonchev–Trinajstić information content (AvgIpc) is 2.74. The van der Waals surface area contributed by atoms with Crippen molar-refractivity contribution in [2.75, 3.05) is 0 Å². The van der Waals surface area contributed by atoms with Crippen molar-refractivity contribution in [3.05, 3.63) is 106 Å². The summed E-state index contributed by atoms with van der Waals surface area (Å²) in [5, 5.41) is 9.70. The van der Waals surface area contributed by atoms with Gasteiger partial charge < -0.3 is 5.73 Å². The molecule has 2 N–H and O–H groups in total. The van der Waals surface area contributed by atoms with Crippen LogP contribution >= 0.6 is 0 Å². The highest BCUT2D eigenvalue weighted by Crippen LogP contribution is 2.32. The van der Waals surface area contributed by atoms with Gasteiger partial charge in [0.15, 0.2) is 15.6 Å². The maximum Gasteiger partial charge on any atom is 0.274 e. The number of hydrogen-bond acceptors (Lipinski definition) is 6. The number of benzene rings is 3. The molecule has 2 unspecified atom stereocenters. The first kappa shape index (κ1) is 20.4. The van der Waals surface area contributed by atoms with Gasteiger partial charge in [0.2, 0.25) is 0 Å². The average molecular weight is 410 g/mol. The van der Waals surface area contributed by atoms with Crippen molar-refractivity contribution in [2.45, 2.75) is 16.2 Å². The van der Waals surface area contributed by atoms with Gasteiger partial charge in [0.05, 0.1) is 15.9 Å². The highest BCUT2D eigenvalue weighted by molar-refractivity contribution is 7.93. The lowest BCUT2D eigenvalue weighted by Gasteiger charge is -2.23. The van der Waals surface area contributed by atoms with Crippen LogP contribution in [0, 0.1) is 10.1 Å². The Morgan fingerprint density at radius 1 is 0.862 bits per heavy atom. The van der Waals surface area contributed by atoms with Gasteiger partial charge in [-0.3, -0.25) is 14.9 Å². The number of nitro groups is 1. The highest BCUT2D eigenvalue weighted by atomic mass is 32.2. The standard InChI is InChI=1S/C21H18N2O5S/c22-19(17-13-7-8-14-18(17)23(25)26)21(20(24)15-9-3-1-4-10-15)29(27,28)16-11-5-2-6-12-16/h1-14,19,21H,22H2. The largest absolute Gasteiger partial charge is 0.322 e. The number of ketones is 1. The van der Waals surface area contributed by atoms with E-state index in [0.717, 1.165) is 0 Å². The predicted octanol–water partition coefficient (Wildman–Crippen LogP) is 3.32. The monoisotopic (exact) mass is 410 g/mol. The summed E-state index contributed by atoms with van der Waals surface area (Å²) >= 11 is 0. The third-order valence-corrected chi connectivity index (χ3v) is 6.65. The molecule has 0 aliphatic carbocycles. The molecule has 0 saturated carbocycles. The fourth-order valence-electron chi connectivity index (χ4n) is 3.12. The van der Waals surface area contributed by atoms with Gasteiger partial charge in [0.25, 0.3) is 5.69 Å². The van der Waals surface area contributed by atoms with Crippen molar-refractivity contribution >= 4 is 21.3 Å². The van der Waals surface area contributed by atoms with Gasteiger partial charge in [-0.15, -0.1) is 0 Å². The molecule has 0 aliphatic heterocycles. The SMILES string of the molecule is NC(c1ccccc1[N+](=O)[O-])C(C(=O)c1ccccc1)S(=O)(=O)c1ccccc1. The third kappa shape index (κ3) is 4.08. The van der Waals surface area contributed by atoms with Crippen molar-refractivity contribution in [1.29, 1.82) is 0 Å². The first-order chi connectivity index (χ1) is 13.8. The van der Waals surface area contributed by atoms with Crippen LogP contribution in [0.2, 0.25) is 0 Å². The van der Waals surface area contributed by atoms with Gasteiger partial charge in [0, 0.05) is 17.2 Å². The number of nitro benzene ring substituents is 1. The molecule has 3 aromatic rings. The Morgan fingerprint density at radius 3 is 1.97 bits per heavy atom. The molecule has 3 rings (SSSR count).